The summed E-state index contributed by atoms with van der Waals surface area (Å²) in [5.74, 6) is 1.09. The first-order valence-electron chi connectivity index (χ1n) is 8.07. The van der Waals surface area contributed by atoms with E-state index in [2.05, 4.69) is 20.6 Å². The molecular formula is C18H16ClFN4O2. The maximum atomic E-state index is 14.2. The van der Waals surface area contributed by atoms with E-state index in [1.54, 1.807) is 31.4 Å². The Morgan fingerprint density at radius 3 is 2.81 bits per heavy atom. The summed E-state index contributed by atoms with van der Waals surface area (Å²) in [5.41, 5.74) is 0.894. The molecule has 1 aromatic heterocycles. The van der Waals surface area contributed by atoms with Crippen LogP contribution in [0.15, 0.2) is 36.7 Å². The Balaban J connectivity index is 1.74. The summed E-state index contributed by atoms with van der Waals surface area (Å²) in [6.07, 6.45) is 1.52. The van der Waals surface area contributed by atoms with Gasteiger partial charge in [0, 0.05) is 24.5 Å². The van der Waals surface area contributed by atoms with Gasteiger partial charge in [0.25, 0.3) is 0 Å². The predicted octanol–water partition coefficient (Wildman–Crippen LogP) is 3.53. The second kappa shape index (κ2) is 6.93. The third-order valence-corrected chi connectivity index (χ3v) is 4.45. The standard InChI is InChI=1S/C18H16ClFN4O2/c1-25-15-5-11-14(6-16(15)26-10-7-21-8-10)22-9-23-18(11)24-13-4-2-3-12(19)17(13)20/h2-6,9-10,21H,7-8H2,1H3,(H,22,23,24). The monoisotopic (exact) mass is 374 g/mol. The number of nitrogens with one attached hydrogen (secondary N) is 2. The van der Waals surface area contributed by atoms with E-state index < -0.39 is 5.82 Å². The Morgan fingerprint density at radius 1 is 1.23 bits per heavy atom. The number of aromatic nitrogens is 2. The van der Waals surface area contributed by atoms with Gasteiger partial charge in [-0.3, -0.25) is 0 Å². The molecule has 0 aliphatic carbocycles. The predicted molar refractivity (Wildman–Crippen MR) is 98.1 cm³/mol. The topological polar surface area (TPSA) is 68.3 Å². The average molecular weight is 375 g/mol. The molecule has 0 amide bonds. The SMILES string of the molecule is COc1cc2c(Nc3cccc(Cl)c3F)ncnc2cc1OC1CNC1. The van der Waals surface area contributed by atoms with Crippen LogP contribution in [0.5, 0.6) is 11.5 Å². The van der Waals surface area contributed by atoms with Crippen molar-refractivity contribution in [1.29, 1.82) is 0 Å². The quantitative estimate of drug-likeness (QED) is 0.712. The summed E-state index contributed by atoms with van der Waals surface area (Å²) in [4.78, 5) is 8.52. The zero-order valence-electron chi connectivity index (χ0n) is 13.9. The minimum atomic E-state index is -0.537. The van der Waals surface area contributed by atoms with E-state index in [0.29, 0.717) is 28.2 Å². The van der Waals surface area contributed by atoms with Gasteiger partial charge < -0.3 is 20.1 Å². The van der Waals surface area contributed by atoms with Crippen LogP contribution in [0.2, 0.25) is 5.02 Å². The summed E-state index contributed by atoms with van der Waals surface area (Å²) in [7, 11) is 1.57. The number of nitrogens with zero attached hydrogens (tertiary/aromatic N) is 2. The van der Waals surface area contributed by atoms with Crippen molar-refractivity contribution in [1.82, 2.24) is 15.3 Å². The van der Waals surface area contributed by atoms with Crippen molar-refractivity contribution < 1.29 is 13.9 Å². The number of benzene rings is 2. The van der Waals surface area contributed by atoms with Crippen molar-refractivity contribution in [2.24, 2.45) is 0 Å². The molecule has 2 aromatic carbocycles. The van der Waals surface area contributed by atoms with Crippen molar-refractivity contribution in [2.75, 3.05) is 25.5 Å². The maximum Gasteiger partial charge on any atom is 0.165 e. The molecule has 6 nitrogen and oxygen atoms in total. The number of ether oxygens (including phenoxy) is 2. The third-order valence-electron chi connectivity index (χ3n) is 4.16. The van der Waals surface area contributed by atoms with Gasteiger partial charge in [0.2, 0.25) is 0 Å². The molecule has 1 fully saturated rings. The molecule has 134 valence electrons. The molecule has 1 aliphatic rings. The highest BCUT2D eigenvalue weighted by Crippen LogP contribution is 2.36. The third kappa shape index (κ3) is 3.11. The van der Waals surface area contributed by atoms with E-state index >= 15 is 0 Å². The molecule has 8 heteroatoms. The van der Waals surface area contributed by atoms with Crippen LogP contribution in [0.1, 0.15) is 0 Å². The van der Waals surface area contributed by atoms with Crippen LogP contribution in [0.25, 0.3) is 10.9 Å². The lowest BCUT2D eigenvalue weighted by Crippen LogP contribution is -2.50. The second-order valence-electron chi connectivity index (χ2n) is 5.87. The van der Waals surface area contributed by atoms with Crippen molar-refractivity contribution in [2.45, 2.75) is 6.10 Å². The largest absolute Gasteiger partial charge is 0.493 e. The number of hydrogen-bond donors (Lipinski definition) is 2. The van der Waals surface area contributed by atoms with Gasteiger partial charge in [0.1, 0.15) is 18.2 Å². The van der Waals surface area contributed by atoms with Crippen LogP contribution in [0.3, 0.4) is 0 Å². The Morgan fingerprint density at radius 2 is 2.08 bits per heavy atom. The molecule has 0 unspecified atom stereocenters. The number of halogens is 2. The fraction of sp³-hybridized carbons (Fsp3) is 0.222. The lowest BCUT2D eigenvalue weighted by molar-refractivity contribution is 0.137. The first-order valence-corrected chi connectivity index (χ1v) is 8.44. The minimum Gasteiger partial charge on any atom is -0.493 e. The lowest BCUT2D eigenvalue weighted by Gasteiger charge is -2.28. The molecule has 1 aliphatic heterocycles. The molecule has 1 saturated heterocycles. The molecular weight excluding hydrogens is 359 g/mol. The van der Waals surface area contributed by atoms with E-state index in [4.69, 9.17) is 21.1 Å². The van der Waals surface area contributed by atoms with Crippen LogP contribution in [-0.4, -0.2) is 36.3 Å². The van der Waals surface area contributed by atoms with Crippen molar-refractivity contribution in [3.05, 3.63) is 47.5 Å². The van der Waals surface area contributed by atoms with Gasteiger partial charge in [-0.25, -0.2) is 14.4 Å². The Kier molecular flexibility index (Phi) is 4.48. The van der Waals surface area contributed by atoms with Crippen LogP contribution < -0.4 is 20.1 Å². The lowest BCUT2D eigenvalue weighted by atomic mass is 10.2. The maximum absolute atomic E-state index is 14.2. The number of fused-ring (bicyclic) bond motifs is 1. The van der Waals surface area contributed by atoms with Gasteiger partial charge in [0.15, 0.2) is 17.3 Å². The van der Waals surface area contributed by atoms with Gasteiger partial charge in [0.05, 0.1) is 23.3 Å². The van der Waals surface area contributed by atoms with E-state index in [9.17, 15) is 4.39 Å². The van der Waals surface area contributed by atoms with Crippen LogP contribution in [0.4, 0.5) is 15.9 Å². The summed E-state index contributed by atoms with van der Waals surface area (Å²) in [6, 6.07) is 8.32. The average Bonchev–Trinajstić information content (AvgIpc) is 2.61. The molecule has 0 atom stereocenters. The van der Waals surface area contributed by atoms with E-state index in [0.717, 1.165) is 13.1 Å². The molecule has 26 heavy (non-hydrogen) atoms. The fourth-order valence-corrected chi connectivity index (χ4v) is 2.84. The van der Waals surface area contributed by atoms with E-state index in [-0.39, 0.29) is 16.8 Å². The first-order chi connectivity index (χ1) is 12.7. The van der Waals surface area contributed by atoms with Gasteiger partial charge in [-0.15, -0.1) is 0 Å². The van der Waals surface area contributed by atoms with Gasteiger partial charge >= 0.3 is 0 Å². The van der Waals surface area contributed by atoms with E-state index in [1.165, 1.54) is 12.4 Å². The zero-order valence-corrected chi connectivity index (χ0v) is 14.7. The fourth-order valence-electron chi connectivity index (χ4n) is 2.67. The normalized spacial score (nSPS) is 14.1. The molecule has 0 saturated carbocycles. The van der Waals surface area contributed by atoms with E-state index in [1.807, 2.05) is 0 Å². The molecule has 0 spiro atoms. The molecule has 2 N–H and O–H groups in total. The van der Waals surface area contributed by atoms with Crippen molar-refractivity contribution >= 4 is 34.0 Å². The highest BCUT2D eigenvalue weighted by atomic mass is 35.5. The highest BCUT2D eigenvalue weighted by molar-refractivity contribution is 6.31. The minimum absolute atomic E-state index is 0.0377. The van der Waals surface area contributed by atoms with Crippen LogP contribution in [0, 0.1) is 5.82 Å². The second-order valence-corrected chi connectivity index (χ2v) is 6.27. The first kappa shape index (κ1) is 16.8. The van der Waals surface area contributed by atoms with Crippen molar-refractivity contribution in [3.8, 4) is 11.5 Å². The molecule has 4 rings (SSSR count). The Labute approximate surface area is 154 Å². The summed E-state index contributed by atoms with van der Waals surface area (Å²) >= 11 is 5.85. The van der Waals surface area contributed by atoms with Crippen molar-refractivity contribution in [3.63, 3.8) is 0 Å². The Bertz CT molecular complexity index is 965. The molecule has 3 aromatic rings. The summed E-state index contributed by atoms with van der Waals surface area (Å²) < 4.78 is 25.6. The number of anilines is 2. The van der Waals surface area contributed by atoms with Crippen LogP contribution in [-0.2, 0) is 0 Å². The smallest absolute Gasteiger partial charge is 0.165 e. The zero-order chi connectivity index (χ0) is 18.1. The number of rotatable bonds is 5. The number of hydrogen-bond acceptors (Lipinski definition) is 6. The van der Waals surface area contributed by atoms with Gasteiger partial charge in [-0.2, -0.15) is 0 Å². The highest BCUT2D eigenvalue weighted by Gasteiger charge is 2.21. The van der Waals surface area contributed by atoms with Gasteiger partial charge in [-0.1, -0.05) is 17.7 Å². The van der Waals surface area contributed by atoms with Gasteiger partial charge in [-0.05, 0) is 18.2 Å². The summed E-state index contributed by atoms with van der Waals surface area (Å²) in [5, 5.41) is 6.85. The van der Waals surface area contributed by atoms with Crippen LogP contribution >= 0.6 is 11.6 Å². The molecule has 0 bridgehead atoms. The Hall–Kier alpha value is -2.64. The summed E-state index contributed by atoms with van der Waals surface area (Å²) in [6.45, 7) is 1.59. The molecule has 0 radical (unpaired) electrons. The number of methoxy groups -OCH3 is 1. The molecule has 2 heterocycles.